The normalized spacial score (nSPS) is 18.4. The molecule has 2 aromatic rings. The summed E-state index contributed by atoms with van der Waals surface area (Å²) in [4.78, 5) is 17.6. The van der Waals surface area contributed by atoms with Gasteiger partial charge in [-0.2, -0.15) is 0 Å². The number of halogens is 1. The van der Waals surface area contributed by atoms with Crippen molar-refractivity contribution in [1.82, 2.24) is 4.90 Å². The van der Waals surface area contributed by atoms with E-state index >= 15 is 0 Å². The highest BCUT2D eigenvalue weighted by atomic mass is 35.5. The van der Waals surface area contributed by atoms with E-state index in [0.717, 1.165) is 57.4 Å². The minimum atomic E-state index is 0.233. The van der Waals surface area contributed by atoms with Crippen molar-refractivity contribution in [3.05, 3.63) is 65.2 Å². The Labute approximate surface area is 166 Å². The summed E-state index contributed by atoms with van der Waals surface area (Å²) in [6.07, 6.45) is 5.25. The zero-order valence-corrected chi connectivity index (χ0v) is 16.4. The number of hydrogen-bond acceptors (Lipinski definition) is 2. The largest absolute Gasteiger partial charge is 0.309 e. The lowest BCUT2D eigenvalue weighted by atomic mass is 10.0. The lowest BCUT2D eigenvalue weighted by Gasteiger charge is -2.39. The van der Waals surface area contributed by atoms with E-state index in [-0.39, 0.29) is 5.92 Å². The fourth-order valence-electron chi connectivity index (χ4n) is 3.98. The van der Waals surface area contributed by atoms with Crippen LogP contribution in [0.5, 0.6) is 0 Å². The Morgan fingerprint density at radius 2 is 1.63 bits per heavy atom. The molecule has 142 valence electrons. The number of anilines is 1. The highest BCUT2D eigenvalue weighted by molar-refractivity contribution is 6.30. The molecule has 0 unspecified atom stereocenters. The topological polar surface area (TPSA) is 23.6 Å². The molecule has 1 aliphatic heterocycles. The summed E-state index contributed by atoms with van der Waals surface area (Å²) in [6, 6.07) is 18.7. The third-order valence-electron chi connectivity index (χ3n) is 5.75. The van der Waals surface area contributed by atoms with E-state index in [1.807, 2.05) is 24.3 Å². The van der Waals surface area contributed by atoms with Crippen LogP contribution in [-0.4, -0.2) is 36.5 Å². The number of piperidine rings is 1. The maximum Gasteiger partial charge on any atom is 0.230 e. The molecule has 4 heteroatoms. The van der Waals surface area contributed by atoms with Crippen LogP contribution in [0.4, 0.5) is 5.69 Å². The van der Waals surface area contributed by atoms with Crippen molar-refractivity contribution in [3.63, 3.8) is 0 Å². The molecule has 2 aliphatic rings. The minimum absolute atomic E-state index is 0.233. The molecule has 0 spiro atoms. The molecule has 1 aliphatic carbocycles. The van der Waals surface area contributed by atoms with Crippen LogP contribution < -0.4 is 4.90 Å². The van der Waals surface area contributed by atoms with E-state index in [2.05, 4.69) is 40.1 Å². The summed E-state index contributed by atoms with van der Waals surface area (Å²) in [5, 5.41) is 0.716. The first-order chi connectivity index (χ1) is 13.2. The van der Waals surface area contributed by atoms with Gasteiger partial charge in [0.25, 0.3) is 0 Å². The second-order valence-corrected chi connectivity index (χ2v) is 8.20. The maximum atomic E-state index is 13.0. The molecule has 1 saturated heterocycles. The molecule has 4 rings (SSSR count). The van der Waals surface area contributed by atoms with Crippen LogP contribution in [0.1, 0.15) is 31.2 Å². The first-order valence-corrected chi connectivity index (χ1v) is 10.4. The van der Waals surface area contributed by atoms with Gasteiger partial charge in [0, 0.05) is 42.3 Å². The lowest BCUT2D eigenvalue weighted by molar-refractivity contribution is -0.120. The SMILES string of the molecule is O=C(C1CC1)N(c1ccc(Cl)cc1)C1CCN(CCc2ccccc2)CC1. The van der Waals surface area contributed by atoms with Crippen LogP contribution in [0.3, 0.4) is 0 Å². The standard InChI is InChI=1S/C23H27ClN2O/c24-20-8-10-21(11-9-20)26(23(27)19-6-7-19)22-13-16-25(17-14-22)15-12-18-4-2-1-3-5-18/h1-5,8-11,19,22H,6-7,12-17H2. The summed E-state index contributed by atoms with van der Waals surface area (Å²) >= 11 is 6.05. The highest BCUT2D eigenvalue weighted by Gasteiger charge is 2.38. The van der Waals surface area contributed by atoms with Gasteiger partial charge in [0.05, 0.1) is 0 Å². The van der Waals surface area contributed by atoms with Crippen molar-refractivity contribution in [2.24, 2.45) is 5.92 Å². The number of amides is 1. The molecule has 0 radical (unpaired) electrons. The fourth-order valence-corrected chi connectivity index (χ4v) is 4.11. The zero-order valence-electron chi connectivity index (χ0n) is 15.7. The van der Waals surface area contributed by atoms with Crippen molar-refractivity contribution in [3.8, 4) is 0 Å². The van der Waals surface area contributed by atoms with Crippen molar-refractivity contribution < 1.29 is 4.79 Å². The van der Waals surface area contributed by atoms with Crippen LogP contribution in [0, 0.1) is 5.92 Å². The summed E-state index contributed by atoms with van der Waals surface area (Å²) in [5.74, 6) is 0.539. The van der Waals surface area contributed by atoms with Gasteiger partial charge in [-0.3, -0.25) is 4.79 Å². The van der Waals surface area contributed by atoms with Gasteiger partial charge in [-0.25, -0.2) is 0 Å². The maximum absolute atomic E-state index is 13.0. The molecule has 3 nitrogen and oxygen atoms in total. The second kappa shape index (κ2) is 8.45. The summed E-state index contributed by atoms with van der Waals surface area (Å²) in [7, 11) is 0. The summed E-state index contributed by atoms with van der Waals surface area (Å²) < 4.78 is 0. The van der Waals surface area contributed by atoms with Gasteiger partial charge in [-0.05, 0) is 61.9 Å². The predicted octanol–water partition coefficient (Wildman–Crippen LogP) is 4.79. The third kappa shape index (κ3) is 4.72. The lowest BCUT2D eigenvalue weighted by Crippen LogP contribution is -2.48. The Kier molecular flexibility index (Phi) is 5.80. The molecule has 0 atom stereocenters. The molecular weight excluding hydrogens is 356 g/mol. The quantitative estimate of drug-likeness (QED) is 0.717. The Balaban J connectivity index is 1.38. The van der Waals surface area contributed by atoms with Crippen LogP contribution in [0.2, 0.25) is 5.02 Å². The van der Waals surface area contributed by atoms with Crippen molar-refractivity contribution >= 4 is 23.2 Å². The molecule has 0 N–H and O–H groups in total. The monoisotopic (exact) mass is 382 g/mol. The van der Waals surface area contributed by atoms with Crippen molar-refractivity contribution in [1.29, 1.82) is 0 Å². The number of hydrogen-bond donors (Lipinski definition) is 0. The first kappa shape index (κ1) is 18.5. The Morgan fingerprint density at radius 3 is 2.26 bits per heavy atom. The minimum Gasteiger partial charge on any atom is -0.309 e. The first-order valence-electron chi connectivity index (χ1n) is 10.1. The van der Waals surface area contributed by atoms with Crippen LogP contribution in [-0.2, 0) is 11.2 Å². The molecule has 0 aromatic heterocycles. The van der Waals surface area contributed by atoms with E-state index in [0.29, 0.717) is 17.0 Å². The summed E-state index contributed by atoms with van der Waals surface area (Å²) in [5.41, 5.74) is 2.39. The third-order valence-corrected chi connectivity index (χ3v) is 6.00. The average Bonchev–Trinajstić information content (AvgIpc) is 3.55. The van der Waals surface area contributed by atoms with E-state index in [9.17, 15) is 4.79 Å². The Morgan fingerprint density at radius 1 is 0.963 bits per heavy atom. The van der Waals surface area contributed by atoms with E-state index < -0.39 is 0 Å². The number of nitrogens with zero attached hydrogens (tertiary/aromatic N) is 2. The molecule has 27 heavy (non-hydrogen) atoms. The van der Waals surface area contributed by atoms with Crippen molar-refractivity contribution in [2.75, 3.05) is 24.5 Å². The zero-order chi connectivity index (χ0) is 18.6. The average molecular weight is 383 g/mol. The Bertz CT molecular complexity index is 750. The van der Waals surface area contributed by atoms with Gasteiger partial charge in [0.2, 0.25) is 5.91 Å². The van der Waals surface area contributed by atoms with E-state index in [4.69, 9.17) is 11.6 Å². The molecule has 2 fully saturated rings. The predicted molar refractivity (Wildman–Crippen MR) is 111 cm³/mol. The Hall–Kier alpha value is -1.84. The fraction of sp³-hybridized carbons (Fsp3) is 0.435. The number of carbonyl (C=O) groups is 1. The number of carbonyl (C=O) groups excluding carboxylic acids is 1. The molecule has 1 saturated carbocycles. The molecule has 1 heterocycles. The number of likely N-dealkylation sites (tertiary alicyclic amines) is 1. The van der Waals surface area contributed by atoms with Crippen LogP contribution >= 0.6 is 11.6 Å². The molecule has 1 amide bonds. The van der Waals surface area contributed by atoms with Crippen LogP contribution in [0.15, 0.2) is 54.6 Å². The highest BCUT2D eigenvalue weighted by Crippen LogP contribution is 2.35. The smallest absolute Gasteiger partial charge is 0.230 e. The van der Waals surface area contributed by atoms with Gasteiger partial charge in [-0.15, -0.1) is 0 Å². The van der Waals surface area contributed by atoms with Gasteiger partial charge in [-0.1, -0.05) is 41.9 Å². The van der Waals surface area contributed by atoms with Crippen molar-refractivity contribution in [2.45, 2.75) is 38.1 Å². The van der Waals surface area contributed by atoms with Gasteiger partial charge < -0.3 is 9.80 Å². The van der Waals surface area contributed by atoms with E-state index in [1.165, 1.54) is 5.56 Å². The van der Waals surface area contributed by atoms with Gasteiger partial charge in [0.15, 0.2) is 0 Å². The molecule has 0 bridgehead atoms. The summed E-state index contributed by atoms with van der Waals surface area (Å²) in [6.45, 7) is 3.20. The number of benzene rings is 2. The number of rotatable bonds is 6. The molecule has 2 aromatic carbocycles. The molecular formula is C23H27ClN2O. The van der Waals surface area contributed by atoms with Gasteiger partial charge >= 0.3 is 0 Å². The second-order valence-electron chi connectivity index (χ2n) is 7.77. The van der Waals surface area contributed by atoms with E-state index in [1.54, 1.807) is 0 Å². The van der Waals surface area contributed by atoms with Crippen LogP contribution in [0.25, 0.3) is 0 Å². The van der Waals surface area contributed by atoms with Gasteiger partial charge in [0.1, 0.15) is 0 Å².